The van der Waals surface area contributed by atoms with Crippen molar-refractivity contribution < 1.29 is 9.90 Å². The fourth-order valence-electron chi connectivity index (χ4n) is 1.78. The lowest BCUT2D eigenvalue weighted by Gasteiger charge is -2.20. The number of aromatic carboxylic acids is 1. The Kier molecular flexibility index (Phi) is 6.16. The van der Waals surface area contributed by atoms with Crippen LogP contribution in [-0.4, -0.2) is 29.1 Å². The Morgan fingerprint density at radius 2 is 2.11 bits per heavy atom. The smallest absolute Gasteiger partial charge is 0.335 e. The van der Waals surface area contributed by atoms with Crippen molar-refractivity contribution >= 4 is 17.6 Å². The first-order chi connectivity index (χ1) is 8.58. The van der Waals surface area contributed by atoms with Gasteiger partial charge in [-0.1, -0.05) is 37.9 Å². The molecule has 0 aliphatic rings. The molecule has 0 bridgehead atoms. The number of carbonyl (C=O) groups is 1. The molecular weight excluding hydrogens is 250 g/mol. The first-order valence-corrected chi connectivity index (χ1v) is 6.70. The zero-order valence-corrected chi connectivity index (χ0v) is 11.7. The maximum absolute atomic E-state index is 10.8. The second-order valence-electron chi connectivity index (χ2n) is 4.33. The van der Waals surface area contributed by atoms with Gasteiger partial charge in [-0.05, 0) is 37.2 Å². The van der Waals surface area contributed by atoms with Crippen molar-refractivity contribution in [1.82, 2.24) is 4.90 Å². The molecule has 0 aromatic heterocycles. The van der Waals surface area contributed by atoms with Crippen LogP contribution in [0.15, 0.2) is 18.2 Å². The summed E-state index contributed by atoms with van der Waals surface area (Å²) in [7, 11) is 0. The van der Waals surface area contributed by atoms with Gasteiger partial charge in [-0.3, -0.25) is 4.90 Å². The summed E-state index contributed by atoms with van der Waals surface area (Å²) < 4.78 is 0. The number of hydrogen-bond donors (Lipinski definition) is 1. The molecule has 0 aliphatic carbocycles. The van der Waals surface area contributed by atoms with Crippen LogP contribution in [0.1, 0.15) is 42.6 Å². The molecule has 0 fully saturated rings. The largest absolute Gasteiger partial charge is 0.478 e. The minimum absolute atomic E-state index is 0.236. The Hall–Kier alpha value is -1.06. The van der Waals surface area contributed by atoms with E-state index in [1.807, 2.05) is 0 Å². The first kappa shape index (κ1) is 15.0. The van der Waals surface area contributed by atoms with Crippen LogP contribution >= 0.6 is 11.6 Å². The summed E-state index contributed by atoms with van der Waals surface area (Å²) in [6, 6.07) is 4.94. The van der Waals surface area contributed by atoms with Crippen LogP contribution in [-0.2, 0) is 6.54 Å². The molecule has 0 radical (unpaired) electrons. The van der Waals surface area contributed by atoms with Crippen molar-refractivity contribution in [2.24, 2.45) is 0 Å². The predicted octanol–water partition coefficient (Wildman–Crippen LogP) is 3.66. The van der Waals surface area contributed by atoms with Crippen LogP contribution in [0.3, 0.4) is 0 Å². The molecule has 0 saturated heterocycles. The predicted molar refractivity (Wildman–Crippen MR) is 74.3 cm³/mol. The van der Waals surface area contributed by atoms with Gasteiger partial charge in [0.05, 0.1) is 5.56 Å². The third kappa shape index (κ3) is 4.31. The second-order valence-corrected chi connectivity index (χ2v) is 4.74. The van der Waals surface area contributed by atoms with Crippen LogP contribution in [0.4, 0.5) is 0 Å². The zero-order chi connectivity index (χ0) is 13.5. The summed E-state index contributed by atoms with van der Waals surface area (Å²) >= 11 is 6.12. The fourth-order valence-corrected chi connectivity index (χ4v) is 2.02. The van der Waals surface area contributed by atoms with Crippen LogP contribution in [0.5, 0.6) is 0 Å². The fraction of sp³-hybridized carbons (Fsp3) is 0.500. The van der Waals surface area contributed by atoms with Crippen molar-refractivity contribution in [2.75, 3.05) is 13.1 Å². The van der Waals surface area contributed by atoms with Crippen LogP contribution in [0.25, 0.3) is 0 Å². The highest BCUT2D eigenvalue weighted by Crippen LogP contribution is 2.20. The average Bonchev–Trinajstić information content (AvgIpc) is 2.35. The number of carboxylic acid groups (broad SMARTS) is 1. The number of nitrogens with zero attached hydrogens (tertiary/aromatic N) is 1. The Labute approximate surface area is 113 Å². The van der Waals surface area contributed by atoms with E-state index in [1.54, 1.807) is 12.1 Å². The lowest BCUT2D eigenvalue weighted by Crippen LogP contribution is -2.24. The van der Waals surface area contributed by atoms with E-state index >= 15 is 0 Å². The molecule has 0 amide bonds. The van der Waals surface area contributed by atoms with Gasteiger partial charge in [0.25, 0.3) is 0 Å². The standard InChI is InChI=1S/C14H20ClNO2/c1-3-5-8-16(4-2)10-12-7-6-11(14(17)18)9-13(12)15/h6-7,9H,3-5,8,10H2,1-2H3,(H,17,18). The van der Waals surface area contributed by atoms with Gasteiger partial charge in [0.15, 0.2) is 0 Å². The van der Waals surface area contributed by atoms with Crippen molar-refractivity contribution in [2.45, 2.75) is 33.2 Å². The molecule has 0 unspecified atom stereocenters. The van der Waals surface area contributed by atoms with Gasteiger partial charge >= 0.3 is 5.97 Å². The summed E-state index contributed by atoms with van der Waals surface area (Å²) in [6.07, 6.45) is 2.33. The van der Waals surface area contributed by atoms with Crippen molar-refractivity contribution in [3.8, 4) is 0 Å². The van der Waals surface area contributed by atoms with Gasteiger partial charge in [0.1, 0.15) is 0 Å². The van der Waals surface area contributed by atoms with Gasteiger partial charge < -0.3 is 5.11 Å². The molecule has 0 aliphatic heterocycles. The van der Waals surface area contributed by atoms with E-state index < -0.39 is 5.97 Å². The highest BCUT2D eigenvalue weighted by Gasteiger charge is 2.09. The Morgan fingerprint density at radius 1 is 1.39 bits per heavy atom. The summed E-state index contributed by atoms with van der Waals surface area (Å²) in [4.78, 5) is 13.1. The molecule has 0 atom stereocenters. The van der Waals surface area contributed by atoms with Gasteiger partial charge in [-0.15, -0.1) is 0 Å². The molecule has 100 valence electrons. The van der Waals surface area contributed by atoms with Crippen LogP contribution in [0.2, 0.25) is 5.02 Å². The molecule has 1 rings (SSSR count). The number of unbranched alkanes of at least 4 members (excludes halogenated alkanes) is 1. The molecular formula is C14H20ClNO2. The summed E-state index contributed by atoms with van der Waals surface area (Å²) in [5, 5.41) is 9.41. The molecule has 0 heterocycles. The highest BCUT2D eigenvalue weighted by atomic mass is 35.5. The molecule has 3 nitrogen and oxygen atoms in total. The molecule has 18 heavy (non-hydrogen) atoms. The Morgan fingerprint density at radius 3 is 2.61 bits per heavy atom. The van der Waals surface area contributed by atoms with E-state index in [4.69, 9.17) is 16.7 Å². The molecule has 0 saturated carbocycles. The second kappa shape index (κ2) is 7.39. The highest BCUT2D eigenvalue weighted by molar-refractivity contribution is 6.31. The number of carboxylic acids is 1. The zero-order valence-electron chi connectivity index (χ0n) is 10.9. The van der Waals surface area contributed by atoms with Crippen molar-refractivity contribution in [3.05, 3.63) is 34.3 Å². The van der Waals surface area contributed by atoms with Crippen LogP contribution < -0.4 is 0 Å². The first-order valence-electron chi connectivity index (χ1n) is 6.32. The van der Waals surface area contributed by atoms with E-state index in [-0.39, 0.29) is 5.56 Å². The van der Waals surface area contributed by atoms with E-state index in [0.717, 1.165) is 25.2 Å². The topological polar surface area (TPSA) is 40.5 Å². The third-order valence-corrected chi connectivity index (χ3v) is 3.32. The Balaban J connectivity index is 2.74. The maximum atomic E-state index is 10.8. The molecule has 1 aromatic rings. The Bertz CT molecular complexity index is 407. The average molecular weight is 270 g/mol. The lowest BCUT2D eigenvalue weighted by atomic mass is 10.1. The minimum Gasteiger partial charge on any atom is -0.478 e. The summed E-state index contributed by atoms with van der Waals surface area (Å²) in [6.45, 7) is 7.08. The van der Waals surface area contributed by atoms with E-state index in [9.17, 15) is 4.79 Å². The monoisotopic (exact) mass is 269 g/mol. The molecule has 1 aromatic carbocycles. The quantitative estimate of drug-likeness (QED) is 0.821. The SMILES string of the molecule is CCCCN(CC)Cc1ccc(C(=O)O)cc1Cl. The lowest BCUT2D eigenvalue weighted by molar-refractivity contribution is 0.0697. The summed E-state index contributed by atoms with van der Waals surface area (Å²) in [5.74, 6) is -0.943. The molecule has 1 N–H and O–H groups in total. The number of rotatable bonds is 7. The van der Waals surface area contributed by atoms with Gasteiger partial charge in [-0.25, -0.2) is 4.79 Å². The number of hydrogen-bond acceptors (Lipinski definition) is 2. The van der Waals surface area contributed by atoms with Gasteiger partial charge in [-0.2, -0.15) is 0 Å². The van der Waals surface area contributed by atoms with Crippen LogP contribution in [0, 0.1) is 0 Å². The van der Waals surface area contributed by atoms with E-state index in [2.05, 4.69) is 18.7 Å². The van der Waals surface area contributed by atoms with E-state index in [0.29, 0.717) is 5.02 Å². The number of benzene rings is 1. The molecule has 4 heteroatoms. The van der Waals surface area contributed by atoms with Gasteiger partial charge in [0.2, 0.25) is 0 Å². The van der Waals surface area contributed by atoms with E-state index in [1.165, 1.54) is 18.9 Å². The molecule has 0 spiro atoms. The maximum Gasteiger partial charge on any atom is 0.335 e. The summed E-state index contributed by atoms with van der Waals surface area (Å²) in [5.41, 5.74) is 1.22. The van der Waals surface area contributed by atoms with Crippen molar-refractivity contribution in [1.29, 1.82) is 0 Å². The van der Waals surface area contributed by atoms with Gasteiger partial charge in [0, 0.05) is 11.6 Å². The number of halogens is 1. The third-order valence-electron chi connectivity index (χ3n) is 2.97. The van der Waals surface area contributed by atoms with Crippen molar-refractivity contribution in [3.63, 3.8) is 0 Å². The minimum atomic E-state index is -0.943. The normalized spacial score (nSPS) is 10.9.